The molecule has 0 fully saturated rings. The van der Waals surface area contributed by atoms with Gasteiger partial charge in [-0.25, -0.2) is 0 Å². The van der Waals surface area contributed by atoms with Crippen LogP contribution in [0.4, 0.5) is 0 Å². The molecule has 0 aliphatic rings. The summed E-state index contributed by atoms with van der Waals surface area (Å²) in [4.78, 5) is 3.86. The van der Waals surface area contributed by atoms with E-state index in [1.165, 1.54) is 0 Å². The monoisotopic (exact) mass is 137 g/mol. The van der Waals surface area contributed by atoms with Crippen LogP contribution in [0.5, 0.6) is 0 Å². The number of hydrogen-bond acceptors (Lipinski definition) is 2. The first-order valence-electron chi connectivity index (χ1n) is 3.16. The molecule has 0 saturated carbocycles. The minimum absolute atomic E-state index is 0.339. The lowest BCUT2D eigenvalue weighted by molar-refractivity contribution is 1.37. The molecule has 0 unspecified atom stereocenters. The lowest BCUT2D eigenvalue weighted by atomic mass is 10.3. The number of nitrogens with zero attached hydrogens (tertiary/aromatic N) is 1. The normalized spacial score (nSPS) is 11.8. The quantitative estimate of drug-likeness (QED) is 0.543. The van der Waals surface area contributed by atoms with E-state index in [9.17, 15) is 0 Å². The van der Waals surface area contributed by atoms with Crippen LogP contribution in [0.2, 0.25) is 0 Å². The van der Waals surface area contributed by atoms with Crippen LogP contribution in [-0.2, 0) is 0 Å². The predicted molar refractivity (Wildman–Crippen MR) is 39.6 cm³/mol. The van der Waals surface area contributed by atoms with Gasteiger partial charge in [0.1, 0.15) is 0 Å². The van der Waals surface area contributed by atoms with Gasteiger partial charge < -0.3 is 0 Å². The fraction of sp³-hybridized carbons (Fsp3) is 0. The zero-order chi connectivity index (χ0) is 6.97. The van der Waals surface area contributed by atoms with Crippen LogP contribution in [0, 0.1) is 0 Å². The smallest absolute Gasteiger partial charge is 0.0840 e. The minimum atomic E-state index is 0.339. The standard InChI is InChI=1S/C7H5NS/c1-3-8-5-7-6(1)2-4-9-7/h1-5H/i3T. The highest BCUT2D eigenvalue weighted by Crippen LogP contribution is 2.17. The van der Waals surface area contributed by atoms with E-state index >= 15 is 0 Å². The van der Waals surface area contributed by atoms with Crippen LogP contribution >= 0.6 is 11.3 Å². The van der Waals surface area contributed by atoms with Gasteiger partial charge in [-0.15, -0.1) is 11.3 Å². The molecule has 0 aromatic carbocycles. The second kappa shape index (κ2) is 1.81. The summed E-state index contributed by atoms with van der Waals surface area (Å²) in [7, 11) is 0. The Morgan fingerprint density at radius 1 is 1.56 bits per heavy atom. The molecule has 1 nitrogen and oxygen atoms in total. The van der Waals surface area contributed by atoms with Crippen molar-refractivity contribution >= 4 is 21.4 Å². The maximum Gasteiger partial charge on any atom is 0.0840 e. The highest BCUT2D eigenvalue weighted by atomic mass is 32.1. The molecule has 2 aromatic rings. The van der Waals surface area contributed by atoms with E-state index in [4.69, 9.17) is 1.37 Å². The van der Waals surface area contributed by atoms with Crippen molar-refractivity contribution in [2.45, 2.75) is 0 Å². The first-order valence-corrected chi connectivity index (χ1v) is 3.54. The van der Waals surface area contributed by atoms with Crippen molar-refractivity contribution in [3.05, 3.63) is 29.9 Å². The molecule has 0 amide bonds. The summed E-state index contributed by atoms with van der Waals surface area (Å²) in [5.74, 6) is 0. The predicted octanol–water partition coefficient (Wildman–Crippen LogP) is 2.30. The third-order valence-corrected chi connectivity index (χ3v) is 2.07. The molecule has 2 rings (SSSR count). The van der Waals surface area contributed by atoms with Crippen molar-refractivity contribution in [3.8, 4) is 0 Å². The number of rotatable bonds is 0. The van der Waals surface area contributed by atoms with E-state index in [1.54, 1.807) is 23.6 Å². The molecule has 0 saturated heterocycles. The highest BCUT2D eigenvalue weighted by molar-refractivity contribution is 7.17. The Hall–Kier alpha value is -0.890. The van der Waals surface area contributed by atoms with Crippen LogP contribution in [0.3, 0.4) is 0 Å². The number of aromatic nitrogens is 1. The van der Waals surface area contributed by atoms with Crippen LogP contribution in [0.1, 0.15) is 1.37 Å². The van der Waals surface area contributed by atoms with Crippen molar-refractivity contribution in [2.24, 2.45) is 0 Å². The topological polar surface area (TPSA) is 12.9 Å². The molecule has 44 valence electrons. The summed E-state index contributed by atoms with van der Waals surface area (Å²) in [6.07, 6.45) is 2.08. The first-order chi connectivity index (χ1) is 4.86. The molecule has 2 aromatic heterocycles. The minimum Gasteiger partial charge on any atom is -0.263 e. The molecular formula is C7H5NS. The Morgan fingerprint density at radius 3 is 3.56 bits per heavy atom. The lowest BCUT2D eigenvalue weighted by Gasteiger charge is -1.81. The van der Waals surface area contributed by atoms with Gasteiger partial charge in [-0.2, -0.15) is 0 Å². The van der Waals surface area contributed by atoms with Crippen LogP contribution in [-0.4, -0.2) is 4.98 Å². The van der Waals surface area contributed by atoms with Gasteiger partial charge in [0.05, 0.1) is 6.07 Å². The molecule has 9 heavy (non-hydrogen) atoms. The van der Waals surface area contributed by atoms with E-state index in [1.807, 2.05) is 11.4 Å². The third-order valence-electron chi connectivity index (χ3n) is 1.20. The summed E-state index contributed by atoms with van der Waals surface area (Å²) >= 11 is 1.65. The number of pyridine rings is 1. The van der Waals surface area contributed by atoms with Crippen LogP contribution in [0.15, 0.2) is 29.9 Å². The number of fused-ring (bicyclic) bond motifs is 1. The summed E-state index contributed by atoms with van der Waals surface area (Å²) in [5, 5.41) is 3.12. The molecule has 0 aliphatic heterocycles. The fourth-order valence-electron chi connectivity index (χ4n) is 0.758. The molecule has 2 heterocycles. The van der Waals surface area contributed by atoms with Gasteiger partial charge in [-0.05, 0) is 22.9 Å². The number of hydrogen-bond donors (Lipinski definition) is 0. The highest BCUT2D eigenvalue weighted by Gasteiger charge is 1.88. The Labute approximate surface area is 58.4 Å². The molecule has 0 bridgehead atoms. The maximum atomic E-state index is 7.21. The maximum absolute atomic E-state index is 7.21. The Kier molecular flexibility index (Phi) is 0.807. The third kappa shape index (κ3) is 0.715. The van der Waals surface area contributed by atoms with Crippen molar-refractivity contribution in [1.82, 2.24) is 4.98 Å². The van der Waals surface area contributed by atoms with Gasteiger partial charge in [-0.1, -0.05) is 0 Å². The van der Waals surface area contributed by atoms with Gasteiger partial charge in [-0.3, -0.25) is 4.98 Å². The average molecular weight is 137 g/mol. The Balaban J connectivity index is 2.86. The molecule has 0 atom stereocenters. The molecule has 0 radical (unpaired) electrons. The second-order valence-corrected chi connectivity index (χ2v) is 2.72. The van der Waals surface area contributed by atoms with Gasteiger partial charge in [0.15, 0.2) is 0 Å². The van der Waals surface area contributed by atoms with Crippen LogP contribution < -0.4 is 0 Å². The van der Waals surface area contributed by atoms with E-state index in [0.29, 0.717) is 6.17 Å². The second-order valence-electron chi connectivity index (χ2n) is 1.77. The number of thiophene rings is 1. The Bertz CT molecular complexity index is 355. The molecule has 0 spiro atoms. The first kappa shape index (κ1) is 4.01. The lowest BCUT2D eigenvalue weighted by Crippen LogP contribution is -1.64. The zero-order valence-electron chi connectivity index (χ0n) is 5.66. The summed E-state index contributed by atoms with van der Waals surface area (Å²) in [5.41, 5.74) is 0. The summed E-state index contributed by atoms with van der Waals surface area (Å²) in [6, 6.07) is 3.77. The Morgan fingerprint density at radius 2 is 2.56 bits per heavy atom. The fourth-order valence-corrected chi connectivity index (χ4v) is 1.50. The van der Waals surface area contributed by atoms with Crippen molar-refractivity contribution in [3.63, 3.8) is 0 Å². The van der Waals surface area contributed by atoms with Crippen LogP contribution in [0.25, 0.3) is 10.1 Å². The zero-order valence-corrected chi connectivity index (χ0v) is 5.48. The largest absolute Gasteiger partial charge is 0.263 e. The van der Waals surface area contributed by atoms with E-state index < -0.39 is 0 Å². The molecule has 0 N–H and O–H groups in total. The van der Waals surface area contributed by atoms with Gasteiger partial charge in [0.2, 0.25) is 0 Å². The van der Waals surface area contributed by atoms with E-state index in [0.717, 1.165) is 10.1 Å². The van der Waals surface area contributed by atoms with Crippen molar-refractivity contribution < 1.29 is 1.37 Å². The molecule has 2 heteroatoms. The van der Waals surface area contributed by atoms with Gasteiger partial charge in [0, 0.05) is 12.4 Å². The summed E-state index contributed by atoms with van der Waals surface area (Å²) < 4.78 is 8.36. The van der Waals surface area contributed by atoms with Gasteiger partial charge >= 0.3 is 0 Å². The van der Waals surface area contributed by atoms with Crippen molar-refractivity contribution in [2.75, 3.05) is 0 Å². The average Bonchev–Trinajstić information content (AvgIpc) is 2.33. The van der Waals surface area contributed by atoms with Gasteiger partial charge in [0.25, 0.3) is 0 Å². The molecule has 0 aliphatic carbocycles. The van der Waals surface area contributed by atoms with E-state index in [2.05, 4.69) is 4.98 Å². The SMILES string of the molecule is [3H]c1cc2ccsc2cn1. The van der Waals surface area contributed by atoms with E-state index in [-0.39, 0.29) is 0 Å². The van der Waals surface area contributed by atoms with Crippen molar-refractivity contribution in [1.29, 1.82) is 0 Å². The molecular weight excluding hydrogens is 130 g/mol. The summed E-state index contributed by atoms with van der Waals surface area (Å²) in [6.45, 7) is 0.